The molecule has 3 N–H and O–H groups in total. The smallest absolute Gasteiger partial charge is 0.277 e. The van der Waals surface area contributed by atoms with Crippen molar-refractivity contribution in [3.8, 4) is 11.3 Å². The lowest BCUT2D eigenvalue weighted by Crippen LogP contribution is -2.24. The highest BCUT2D eigenvalue weighted by atomic mass is 16.1. The van der Waals surface area contributed by atoms with E-state index in [1.54, 1.807) is 24.4 Å². The SMILES string of the molecule is N=C(N)c1cccc(-c2nc3ccccc3n(CCCCCn3cccn3)c2=O)c1. The fourth-order valence-corrected chi connectivity index (χ4v) is 3.59. The molecule has 2 heterocycles. The van der Waals surface area contributed by atoms with Gasteiger partial charge in [0.15, 0.2) is 0 Å². The van der Waals surface area contributed by atoms with Gasteiger partial charge in [-0.1, -0.05) is 30.3 Å². The van der Waals surface area contributed by atoms with Gasteiger partial charge in [0, 0.05) is 36.6 Å². The van der Waals surface area contributed by atoms with E-state index in [2.05, 4.69) is 10.1 Å². The Hall–Kier alpha value is -3.74. The van der Waals surface area contributed by atoms with E-state index in [0.29, 0.717) is 23.4 Å². The van der Waals surface area contributed by atoms with E-state index in [4.69, 9.17) is 11.1 Å². The number of benzene rings is 2. The minimum absolute atomic E-state index is 0.0323. The lowest BCUT2D eigenvalue weighted by Gasteiger charge is -2.13. The number of aryl methyl sites for hydroxylation is 2. The highest BCUT2D eigenvalue weighted by molar-refractivity contribution is 5.96. The van der Waals surface area contributed by atoms with Gasteiger partial charge in [0.1, 0.15) is 11.5 Å². The van der Waals surface area contributed by atoms with Crippen molar-refractivity contribution < 1.29 is 0 Å². The van der Waals surface area contributed by atoms with Crippen LogP contribution in [0.4, 0.5) is 0 Å². The summed E-state index contributed by atoms with van der Waals surface area (Å²) in [5.74, 6) is -0.0323. The minimum Gasteiger partial charge on any atom is -0.384 e. The molecule has 152 valence electrons. The Bertz CT molecular complexity index is 1230. The number of para-hydroxylation sites is 2. The van der Waals surface area contributed by atoms with Crippen molar-refractivity contribution >= 4 is 16.9 Å². The van der Waals surface area contributed by atoms with Crippen LogP contribution in [0.3, 0.4) is 0 Å². The second kappa shape index (κ2) is 8.73. The molecule has 0 fully saturated rings. The van der Waals surface area contributed by atoms with Crippen LogP contribution in [0.15, 0.2) is 71.8 Å². The van der Waals surface area contributed by atoms with Crippen LogP contribution in [-0.2, 0) is 13.1 Å². The third-order valence-electron chi connectivity index (χ3n) is 5.13. The molecule has 30 heavy (non-hydrogen) atoms. The van der Waals surface area contributed by atoms with Crippen molar-refractivity contribution in [3.05, 3.63) is 82.9 Å². The van der Waals surface area contributed by atoms with Crippen LogP contribution >= 0.6 is 0 Å². The number of nitrogens with two attached hydrogens (primary N) is 1. The predicted octanol–water partition coefficient (Wildman–Crippen LogP) is 3.41. The summed E-state index contributed by atoms with van der Waals surface area (Å²) in [7, 11) is 0. The van der Waals surface area contributed by atoms with Gasteiger partial charge in [-0.3, -0.25) is 14.9 Å². The van der Waals surface area contributed by atoms with Crippen LogP contribution in [-0.4, -0.2) is 25.2 Å². The second-order valence-corrected chi connectivity index (χ2v) is 7.23. The third-order valence-corrected chi connectivity index (χ3v) is 5.13. The number of nitrogen functional groups attached to an aromatic ring is 1. The van der Waals surface area contributed by atoms with Gasteiger partial charge in [-0.05, 0) is 43.5 Å². The van der Waals surface area contributed by atoms with Gasteiger partial charge < -0.3 is 10.3 Å². The molecule has 0 spiro atoms. The van der Waals surface area contributed by atoms with E-state index < -0.39 is 0 Å². The number of hydrogen-bond donors (Lipinski definition) is 2. The molecule has 2 aromatic carbocycles. The highest BCUT2D eigenvalue weighted by Crippen LogP contribution is 2.19. The largest absolute Gasteiger partial charge is 0.384 e. The molecule has 0 unspecified atom stereocenters. The van der Waals surface area contributed by atoms with Gasteiger partial charge in [0.2, 0.25) is 0 Å². The number of fused-ring (bicyclic) bond motifs is 1. The fourth-order valence-electron chi connectivity index (χ4n) is 3.59. The molecule has 7 heteroatoms. The molecular formula is C23H24N6O. The first kappa shape index (κ1) is 19.6. The van der Waals surface area contributed by atoms with Crippen LogP contribution in [0, 0.1) is 5.41 Å². The standard InChI is InChI=1S/C23H24N6O/c24-22(25)18-9-6-8-17(16-18)21-23(30)29(20-11-3-2-10-19(20)27-21)15-5-1-4-13-28-14-7-12-26-28/h2-3,6-12,14,16H,1,4-5,13,15H2,(H3,24,25). The summed E-state index contributed by atoms with van der Waals surface area (Å²) in [6.45, 7) is 1.50. The van der Waals surface area contributed by atoms with Crippen LogP contribution in [0.5, 0.6) is 0 Å². The number of unbranched alkanes of at least 4 members (excludes halogenated alkanes) is 2. The van der Waals surface area contributed by atoms with Crippen molar-refractivity contribution in [3.63, 3.8) is 0 Å². The van der Waals surface area contributed by atoms with Crippen molar-refractivity contribution in [1.29, 1.82) is 5.41 Å². The molecule has 0 radical (unpaired) electrons. The van der Waals surface area contributed by atoms with E-state index >= 15 is 0 Å². The number of nitrogens with one attached hydrogen (secondary N) is 1. The van der Waals surface area contributed by atoms with E-state index in [1.807, 2.05) is 51.8 Å². The van der Waals surface area contributed by atoms with Gasteiger partial charge in [-0.25, -0.2) is 4.98 Å². The number of aromatic nitrogens is 4. The minimum atomic E-state index is -0.124. The molecular weight excluding hydrogens is 376 g/mol. The first-order valence-electron chi connectivity index (χ1n) is 10.1. The van der Waals surface area contributed by atoms with Gasteiger partial charge in [-0.15, -0.1) is 0 Å². The maximum Gasteiger partial charge on any atom is 0.277 e. The Morgan fingerprint density at radius 3 is 2.63 bits per heavy atom. The van der Waals surface area contributed by atoms with Gasteiger partial charge in [0.05, 0.1) is 11.0 Å². The Morgan fingerprint density at radius 2 is 1.83 bits per heavy atom. The summed E-state index contributed by atoms with van der Waals surface area (Å²) in [5, 5.41) is 11.9. The average Bonchev–Trinajstić information content (AvgIpc) is 3.28. The van der Waals surface area contributed by atoms with Crippen LogP contribution in [0.2, 0.25) is 0 Å². The summed E-state index contributed by atoms with van der Waals surface area (Å²) >= 11 is 0. The number of amidine groups is 1. The Morgan fingerprint density at radius 1 is 1.00 bits per heavy atom. The van der Waals surface area contributed by atoms with Crippen LogP contribution in [0.1, 0.15) is 24.8 Å². The quantitative estimate of drug-likeness (QED) is 0.269. The Balaban J connectivity index is 1.61. The topological polar surface area (TPSA) is 103 Å². The van der Waals surface area contributed by atoms with E-state index in [1.165, 1.54) is 0 Å². The second-order valence-electron chi connectivity index (χ2n) is 7.23. The number of nitrogens with zero attached hydrogens (tertiary/aromatic N) is 4. The normalized spacial score (nSPS) is 11.1. The lowest BCUT2D eigenvalue weighted by atomic mass is 10.1. The van der Waals surface area contributed by atoms with Crippen molar-refractivity contribution in [2.45, 2.75) is 32.4 Å². The molecule has 0 amide bonds. The molecule has 0 saturated heterocycles. The van der Waals surface area contributed by atoms with Gasteiger partial charge >= 0.3 is 0 Å². The number of hydrogen-bond acceptors (Lipinski definition) is 4. The zero-order chi connectivity index (χ0) is 20.9. The predicted molar refractivity (Wildman–Crippen MR) is 119 cm³/mol. The van der Waals surface area contributed by atoms with Crippen molar-refractivity contribution in [2.24, 2.45) is 5.73 Å². The third kappa shape index (κ3) is 4.15. The van der Waals surface area contributed by atoms with E-state index in [-0.39, 0.29) is 11.4 Å². The first-order chi connectivity index (χ1) is 14.6. The first-order valence-corrected chi connectivity index (χ1v) is 10.1. The monoisotopic (exact) mass is 400 g/mol. The lowest BCUT2D eigenvalue weighted by molar-refractivity contribution is 0.519. The summed E-state index contributed by atoms with van der Waals surface area (Å²) in [6, 6.07) is 16.7. The molecule has 0 bridgehead atoms. The summed E-state index contributed by atoms with van der Waals surface area (Å²) < 4.78 is 3.74. The van der Waals surface area contributed by atoms with E-state index in [0.717, 1.165) is 36.8 Å². The molecule has 0 aliphatic rings. The molecule has 0 aliphatic heterocycles. The van der Waals surface area contributed by atoms with Gasteiger partial charge in [-0.2, -0.15) is 5.10 Å². The average molecular weight is 400 g/mol. The highest BCUT2D eigenvalue weighted by Gasteiger charge is 2.13. The molecule has 0 atom stereocenters. The summed E-state index contributed by atoms with van der Waals surface area (Å²) in [6.07, 6.45) is 6.64. The van der Waals surface area contributed by atoms with Crippen molar-refractivity contribution in [2.75, 3.05) is 0 Å². The maximum absolute atomic E-state index is 13.3. The molecule has 0 saturated carbocycles. The molecule has 7 nitrogen and oxygen atoms in total. The summed E-state index contributed by atoms with van der Waals surface area (Å²) in [4.78, 5) is 17.9. The molecule has 2 aromatic heterocycles. The molecule has 4 aromatic rings. The molecule has 0 aliphatic carbocycles. The zero-order valence-corrected chi connectivity index (χ0v) is 16.7. The molecule has 4 rings (SSSR count). The van der Waals surface area contributed by atoms with E-state index in [9.17, 15) is 4.79 Å². The fraction of sp³-hybridized carbons (Fsp3) is 0.217. The van der Waals surface area contributed by atoms with Gasteiger partial charge in [0.25, 0.3) is 5.56 Å². The number of rotatable bonds is 8. The Labute approximate surface area is 174 Å². The Kier molecular flexibility index (Phi) is 5.70. The van der Waals surface area contributed by atoms with Crippen molar-refractivity contribution in [1.82, 2.24) is 19.3 Å². The maximum atomic E-state index is 13.3. The zero-order valence-electron chi connectivity index (χ0n) is 16.7. The van der Waals surface area contributed by atoms with Crippen LogP contribution in [0.25, 0.3) is 22.3 Å². The summed E-state index contributed by atoms with van der Waals surface area (Å²) in [5.41, 5.74) is 8.74. The van der Waals surface area contributed by atoms with Crippen LogP contribution < -0.4 is 11.3 Å².